The smallest absolute Gasteiger partial charge is 0.0433 e. The molecule has 0 aromatic carbocycles. The summed E-state index contributed by atoms with van der Waals surface area (Å²) in [6.45, 7) is 7.76. The maximum Gasteiger partial charge on any atom is 0.0433 e. The molecule has 1 N–H and O–H groups in total. The van der Waals surface area contributed by atoms with E-state index in [2.05, 4.69) is 20.8 Å². The third-order valence-corrected chi connectivity index (χ3v) is 5.66. The van der Waals surface area contributed by atoms with Gasteiger partial charge in [0.15, 0.2) is 0 Å². The molecule has 0 amide bonds. The van der Waals surface area contributed by atoms with Crippen LogP contribution in [-0.4, -0.2) is 11.7 Å². The largest absolute Gasteiger partial charge is 0.396 e. The number of aliphatic hydroxyl groups excluding tert-OH is 1. The van der Waals surface area contributed by atoms with Crippen LogP contribution in [0.2, 0.25) is 0 Å². The topological polar surface area (TPSA) is 20.2 Å². The van der Waals surface area contributed by atoms with Gasteiger partial charge in [0.1, 0.15) is 0 Å². The number of hydrogen-bond donors (Lipinski definition) is 1. The Balaban J connectivity index is 2.19. The lowest BCUT2D eigenvalue weighted by Gasteiger charge is -2.55. The van der Waals surface area contributed by atoms with Gasteiger partial charge in [0.25, 0.3) is 0 Å². The summed E-state index contributed by atoms with van der Waals surface area (Å²) in [5.41, 5.74) is 0.535. The molecule has 0 saturated heterocycles. The minimum absolute atomic E-state index is 0.383. The summed E-state index contributed by atoms with van der Waals surface area (Å²) in [6, 6.07) is 0. The Morgan fingerprint density at radius 2 is 2.00 bits per heavy atom. The molecule has 5 atom stereocenters. The van der Waals surface area contributed by atoms with E-state index in [-0.39, 0.29) is 0 Å². The molecule has 0 radical (unpaired) electrons. The fourth-order valence-electron chi connectivity index (χ4n) is 4.74. The first-order valence-electron chi connectivity index (χ1n) is 7.18. The molecule has 1 nitrogen and oxygen atoms in total. The van der Waals surface area contributed by atoms with E-state index in [0.29, 0.717) is 12.0 Å². The summed E-state index contributed by atoms with van der Waals surface area (Å²) in [5.74, 6) is 3.47. The van der Waals surface area contributed by atoms with E-state index < -0.39 is 0 Å². The molecule has 2 aliphatic rings. The highest BCUT2D eigenvalue weighted by molar-refractivity contribution is 4.98. The summed E-state index contributed by atoms with van der Waals surface area (Å²) < 4.78 is 0. The molecule has 2 fully saturated rings. The second-order valence-corrected chi connectivity index (χ2v) is 6.77. The lowest BCUT2D eigenvalue weighted by molar-refractivity contribution is -0.0560. The van der Waals surface area contributed by atoms with Crippen molar-refractivity contribution in [2.24, 2.45) is 29.1 Å². The molecule has 2 rings (SSSR count). The van der Waals surface area contributed by atoms with Crippen LogP contribution in [-0.2, 0) is 0 Å². The first-order chi connectivity index (χ1) is 7.58. The van der Waals surface area contributed by atoms with Crippen molar-refractivity contribution in [2.45, 2.75) is 59.3 Å². The van der Waals surface area contributed by atoms with Gasteiger partial charge in [0, 0.05) is 6.61 Å². The van der Waals surface area contributed by atoms with Crippen LogP contribution in [0.4, 0.5) is 0 Å². The quantitative estimate of drug-likeness (QED) is 0.755. The molecule has 0 aromatic rings. The van der Waals surface area contributed by atoms with Crippen molar-refractivity contribution in [3.63, 3.8) is 0 Å². The molecule has 1 heteroatoms. The van der Waals surface area contributed by atoms with E-state index in [1.165, 1.54) is 32.1 Å². The van der Waals surface area contributed by atoms with Gasteiger partial charge in [-0.15, -0.1) is 0 Å². The van der Waals surface area contributed by atoms with Crippen molar-refractivity contribution in [3.8, 4) is 0 Å². The van der Waals surface area contributed by atoms with Gasteiger partial charge in [-0.2, -0.15) is 0 Å². The molecule has 2 saturated carbocycles. The highest BCUT2D eigenvalue weighted by Gasteiger charge is 2.48. The van der Waals surface area contributed by atoms with Gasteiger partial charge in [0.2, 0.25) is 0 Å². The van der Waals surface area contributed by atoms with Crippen molar-refractivity contribution < 1.29 is 5.11 Å². The summed E-state index contributed by atoms with van der Waals surface area (Å²) in [7, 11) is 0. The van der Waals surface area contributed by atoms with Crippen LogP contribution in [0.5, 0.6) is 0 Å². The van der Waals surface area contributed by atoms with E-state index in [9.17, 15) is 5.11 Å². The minimum Gasteiger partial charge on any atom is -0.396 e. The average molecular weight is 224 g/mol. The van der Waals surface area contributed by atoms with Crippen LogP contribution in [0, 0.1) is 29.1 Å². The van der Waals surface area contributed by atoms with Crippen LogP contribution in [0.15, 0.2) is 0 Å². The normalized spacial score (nSPS) is 48.8. The Labute approximate surface area is 101 Å². The molecule has 94 valence electrons. The zero-order valence-electron chi connectivity index (χ0n) is 11.2. The SMILES string of the molecule is CC1CC(CCO)C2(C)CCCC(C)C2C1. The van der Waals surface area contributed by atoms with Crippen molar-refractivity contribution >= 4 is 0 Å². The Hall–Kier alpha value is -0.0400. The van der Waals surface area contributed by atoms with Gasteiger partial charge in [-0.05, 0) is 54.8 Å². The molecule has 2 aliphatic carbocycles. The maximum absolute atomic E-state index is 9.28. The Morgan fingerprint density at radius 1 is 1.25 bits per heavy atom. The zero-order valence-corrected chi connectivity index (χ0v) is 11.2. The van der Waals surface area contributed by atoms with Crippen LogP contribution in [0.3, 0.4) is 0 Å². The van der Waals surface area contributed by atoms with Crippen molar-refractivity contribution in [1.29, 1.82) is 0 Å². The number of aliphatic hydroxyl groups is 1. The second-order valence-electron chi connectivity index (χ2n) is 6.77. The van der Waals surface area contributed by atoms with Gasteiger partial charge in [-0.25, -0.2) is 0 Å². The van der Waals surface area contributed by atoms with E-state index in [4.69, 9.17) is 0 Å². The second kappa shape index (κ2) is 4.68. The van der Waals surface area contributed by atoms with Crippen molar-refractivity contribution in [3.05, 3.63) is 0 Å². The molecule has 0 aliphatic heterocycles. The van der Waals surface area contributed by atoms with E-state index in [1.807, 2.05) is 0 Å². The molecule has 16 heavy (non-hydrogen) atoms. The molecule has 0 aromatic heterocycles. The molecule has 0 bridgehead atoms. The lowest BCUT2D eigenvalue weighted by Crippen LogP contribution is -2.46. The Morgan fingerprint density at radius 3 is 2.69 bits per heavy atom. The summed E-state index contributed by atoms with van der Waals surface area (Å²) in [6.07, 6.45) is 8.05. The molecule has 0 heterocycles. The number of hydrogen-bond acceptors (Lipinski definition) is 1. The number of fused-ring (bicyclic) bond motifs is 1. The van der Waals surface area contributed by atoms with Crippen LogP contribution < -0.4 is 0 Å². The van der Waals surface area contributed by atoms with E-state index in [0.717, 1.165) is 30.1 Å². The summed E-state index contributed by atoms with van der Waals surface area (Å²) in [4.78, 5) is 0. The predicted molar refractivity (Wildman–Crippen MR) is 68.2 cm³/mol. The van der Waals surface area contributed by atoms with Gasteiger partial charge in [-0.3, -0.25) is 0 Å². The standard InChI is InChI=1S/C15H28O/c1-11-9-13(6-8-16)15(3)7-4-5-12(2)14(15)10-11/h11-14,16H,4-10H2,1-3H3. The van der Waals surface area contributed by atoms with E-state index >= 15 is 0 Å². The third-order valence-electron chi connectivity index (χ3n) is 5.66. The Bertz CT molecular complexity index is 238. The predicted octanol–water partition coefficient (Wildman–Crippen LogP) is 3.86. The monoisotopic (exact) mass is 224 g/mol. The minimum atomic E-state index is 0.383. The van der Waals surface area contributed by atoms with Crippen LogP contribution in [0.25, 0.3) is 0 Å². The van der Waals surface area contributed by atoms with Gasteiger partial charge < -0.3 is 5.11 Å². The van der Waals surface area contributed by atoms with Crippen LogP contribution >= 0.6 is 0 Å². The Kier molecular flexibility index (Phi) is 3.63. The van der Waals surface area contributed by atoms with Crippen molar-refractivity contribution in [2.75, 3.05) is 6.61 Å². The highest BCUT2D eigenvalue weighted by atomic mass is 16.3. The summed E-state index contributed by atoms with van der Waals surface area (Å²) >= 11 is 0. The fourth-order valence-corrected chi connectivity index (χ4v) is 4.74. The van der Waals surface area contributed by atoms with Crippen LogP contribution in [0.1, 0.15) is 59.3 Å². The van der Waals surface area contributed by atoms with Gasteiger partial charge in [-0.1, -0.05) is 33.6 Å². The summed E-state index contributed by atoms with van der Waals surface area (Å²) in [5, 5.41) is 9.28. The first-order valence-corrected chi connectivity index (χ1v) is 7.18. The number of rotatable bonds is 2. The van der Waals surface area contributed by atoms with Gasteiger partial charge >= 0.3 is 0 Å². The van der Waals surface area contributed by atoms with Gasteiger partial charge in [0.05, 0.1) is 0 Å². The van der Waals surface area contributed by atoms with E-state index in [1.54, 1.807) is 0 Å². The zero-order chi connectivity index (χ0) is 11.8. The molecular formula is C15H28O. The fraction of sp³-hybridized carbons (Fsp3) is 1.00. The first kappa shape index (κ1) is 12.4. The molecular weight excluding hydrogens is 196 g/mol. The molecule has 0 spiro atoms. The third kappa shape index (κ3) is 2.03. The van der Waals surface area contributed by atoms with Crippen molar-refractivity contribution in [1.82, 2.24) is 0 Å². The lowest BCUT2D eigenvalue weighted by atomic mass is 9.50. The highest BCUT2D eigenvalue weighted by Crippen LogP contribution is 2.57. The average Bonchev–Trinajstić information content (AvgIpc) is 2.22. The molecule has 5 unspecified atom stereocenters. The maximum atomic E-state index is 9.28.